The van der Waals surface area contributed by atoms with Crippen LogP contribution in [0.4, 0.5) is 0 Å². The minimum Gasteiger partial charge on any atom is -0.491 e. The number of rotatable bonds is 26. The van der Waals surface area contributed by atoms with Gasteiger partial charge in [-0.15, -0.1) is 0 Å². The molecule has 0 bridgehead atoms. The molecule has 6 aromatic carbocycles. The number of hydrogen-bond donors (Lipinski definition) is 2. The molecule has 6 nitrogen and oxygen atoms in total. The van der Waals surface area contributed by atoms with Crippen LogP contribution in [0.15, 0.2) is 121 Å². The van der Waals surface area contributed by atoms with E-state index in [9.17, 15) is 0 Å². The van der Waals surface area contributed by atoms with Gasteiger partial charge in [-0.2, -0.15) is 0 Å². The van der Waals surface area contributed by atoms with Gasteiger partial charge in [0.2, 0.25) is 0 Å². The highest BCUT2D eigenvalue weighted by Crippen LogP contribution is 2.56. The van der Waals surface area contributed by atoms with Crippen LogP contribution in [-0.4, -0.2) is 63.1 Å². The van der Waals surface area contributed by atoms with Crippen molar-refractivity contribution < 1.29 is 29.2 Å². The van der Waals surface area contributed by atoms with E-state index in [1.54, 1.807) is 0 Å². The van der Waals surface area contributed by atoms with E-state index in [1.807, 2.05) is 0 Å². The van der Waals surface area contributed by atoms with Gasteiger partial charge in [-0.25, -0.2) is 0 Å². The Bertz CT molecular complexity index is 2050. The molecule has 0 saturated heterocycles. The molecule has 0 aromatic heterocycles. The second kappa shape index (κ2) is 22.0. The summed E-state index contributed by atoms with van der Waals surface area (Å²) in [4.78, 5) is 0. The number of aliphatic hydroxyl groups is 2. The highest BCUT2D eigenvalue weighted by Gasteiger charge is 2.46. The molecule has 0 atom stereocenters. The van der Waals surface area contributed by atoms with E-state index in [4.69, 9.17) is 29.2 Å². The van der Waals surface area contributed by atoms with E-state index in [2.05, 4.69) is 121 Å². The SMILES string of the molecule is OCCCCCCCCOCCOc1cccc2cc(C3(c4ccc5c(OCCOCCCCCCCCO)cccc5c4)c4ccccc4-c4ccccc43)ccc12. The van der Waals surface area contributed by atoms with Crippen molar-refractivity contribution in [2.75, 3.05) is 52.9 Å². The van der Waals surface area contributed by atoms with Crippen LogP contribution in [0.25, 0.3) is 32.7 Å². The molecule has 310 valence electrons. The molecule has 0 amide bonds. The quantitative estimate of drug-likeness (QED) is 0.0532. The van der Waals surface area contributed by atoms with Crippen LogP contribution < -0.4 is 9.47 Å². The fourth-order valence-corrected chi connectivity index (χ4v) is 8.92. The second-order valence-corrected chi connectivity index (χ2v) is 15.8. The maximum absolute atomic E-state index is 8.96. The van der Waals surface area contributed by atoms with Gasteiger partial charge >= 0.3 is 0 Å². The molecule has 0 unspecified atom stereocenters. The third-order valence-electron chi connectivity index (χ3n) is 11.9. The average molecular weight is 795 g/mol. The molecule has 6 heteroatoms. The van der Waals surface area contributed by atoms with Gasteiger partial charge in [0.1, 0.15) is 24.7 Å². The van der Waals surface area contributed by atoms with Crippen molar-refractivity contribution in [1.82, 2.24) is 0 Å². The minimum atomic E-state index is -0.539. The molecule has 0 spiro atoms. The van der Waals surface area contributed by atoms with E-state index in [1.165, 1.54) is 59.1 Å². The fraction of sp³-hybridized carbons (Fsp3) is 0.396. The Morgan fingerprint density at radius 2 is 0.797 bits per heavy atom. The lowest BCUT2D eigenvalue weighted by Crippen LogP contribution is -2.28. The number of aliphatic hydroxyl groups excluding tert-OH is 2. The van der Waals surface area contributed by atoms with Crippen LogP contribution in [0.1, 0.15) is 99.3 Å². The third kappa shape index (κ3) is 10.2. The maximum Gasteiger partial charge on any atom is 0.127 e. The Morgan fingerprint density at radius 3 is 1.25 bits per heavy atom. The van der Waals surface area contributed by atoms with E-state index in [0.717, 1.165) is 97.6 Å². The molecule has 0 fully saturated rings. The Hall–Kier alpha value is -4.72. The Kier molecular flexibility index (Phi) is 15.8. The summed E-state index contributed by atoms with van der Waals surface area (Å²) in [5, 5.41) is 22.4. The first kappa shape index (κ1) is 42.4. The van der Waals surface area contributed by atoms with Crippen LogP contribution in [0.2, 0.25) is 0 Å². The molecular weight excluding hydrogens is 733 g/mol. The van der Waals surface area contributed by atoms with Crippen LogP contribution in [0.3, 0.4) is 0 Å². The number of unbranched alkanes of at least 4 members (excludes halogenated alkanes) is 10. The molecule has 1 aliphatic rings. The Balaban J connectivity index is 1.09. The molecule has 6 aromatic rings. The molecule has 7 rings (SSSR count). The summed E-state index contributed by atoms with van der Waals surface area (Å²) in [6.07, 6.45) is 13.2. The number of ether oxygens (including phenoxy) is 4. The number of fused-ring (bicyclic) bond motifs is 5. The van der Waals surface area contributed by atoms with Crippen molar-refractivity contribution in [3.05, 3.63) is 144 Å². The Labute approximate surface area is 351 Å². The minimum absolute atomic E-state index is 0.293. The lowest BCUT2D eigenvalue weighted by molar-refractivity contribution is 0.0975. The monoisotopic (exact) mass is 794 g/mol. The zero-order chi connectivity index (χ0) is 40.5. The molecule has 0 saturated carbocycles. The van der Waals surface area contributed by atoms with Crippen molar-refractivity contribution in [2.45, 2.75) is 82.5 Å². The largest absolute Gasteiger partial charge is 0.491 e. The molecule has 1 aliphatic carbocycles. The predicted octanol–water partition coefficient (Wildman–Crippen LogP) is 11.8. The normalized spacial score (nSPS) is 12.8. The first-order valence-electron chi connectivity index (χ1n) is 22.1. The summed E-state index contributed by atoms with van der Waals surface area (Å²) in [6, 6.07) is 44.2. The van der Waals surface area contributed by atoms with Crippen molar-refractivity contribution in [3.63, 3.8) is 0 Å². The first-order chi connectivity index (χ1) is 29.3. The molecule has 0 radical (unpaired) electrons. The van der Waals surface area contributed by atoms with Crippen LogP contribution >= 0.6 is 0 Å². The predicted molar refractivity (Wildman–Crippen MR) is 241 cm³/mol. The maximum atomic E-state index is 8.96. The topological polar surface area (TPSA) is 77.4 Å². The van der Waals surface area contributed by atoms with E-state index in [0.29, 0.717) is 39.6 Å². The molecule has 0 aliphatic heterocycles. The fourth-order valence-electron chi connectivity index (χ4n) is 8.92. The standard InChI is InChI=1S/C53H62O6/c54-31-13-5-1-3-7-15-33-56-35-37-58-51-25-17-19-41-39-43(27-29-45(41)51)53(49-23-11-9-21-47(49)48-22-10-12-24-50(48)53)44-28-30-46-42(40-44)20-18-26-52(46)59-38-36-57-34-16-8-4-2-6-14-32-55/h9-12,17-30,39-40,54-55H,1-8,13-16,31-38H2. The van der Waals surface area contributed by atoms with Crippen molar-refractivity contribution in [3.8, 4) is 22.6 Å². The van der Waals surface area contributed by atoms with Gasteiger partial charge in [-0.1, -0.05) is 148 Å². The van der Waals surface area contributed by atoms with E-state index < -0.39 is 5.41 Å². The van der Waals surface area contributed by atoms with Crippen LogP contribution in [0.5, 0.6) is 11.5 Å². The summed E-state index contributed by atoms with van der Waals surface area (Å²) in [6.45, 7) is 4.22. The van der Waals surface area contributed by atoms with Gasteiger partial charge in [0, 0.05) is 37.2 Å². The molecular formula is C53H62O6. The second-order valence-electron chi connectivity index (χ2n) is 15.8. The van der Waals surface area contributed by atoms with Crippen LogP contribution in [0, 0.1) is 0 Å². The zero-order valence-corrected chi connectivity index (χ0v) is 34.7. The lowest BCUT2D eigenvalue weighted by atomic mass is 9.67. The summed E-state index contributed by atoms with van der Waals surface area (Å²) < 4.78 is 24.5. The smallest absolute Gasteiger partial charge is 0.127 e. The average Bonchev–Trinajstić information content (AvgIpc) is 3.58. The van der Waals surface area contributed by atoms with Gasteiger partial charge in [-0.3, -0.25) is 0 Å². The van der Waals surface area contributed by atoms with Crippen molar-refractivity contribution >= 4 is 21.5 Å². The van der Waals surface area contributed by atoms with Crippen molar-refractivity contribution in [1.29, 1.82) is 0 Å². The lowest BCUT2D eigenvalue weighted by Gasteiger charge is -2.34. The van der Waals surface area contributed by atoms with Gasteiger partial charge in [0.25, 0.3) is 0 Å². The van der Waals surface area contributed by atoms with E-state index >= 15 is 0 Å². The van der Waals surface area contributed by atoms with Gasteiger partial charge < -0.3 is 29.2 Å². The zero-order valence-electron chi connectivity index (χ0n) is 34.7. The van der Waals surface area contributed by atoms with Crippen molar-refractivity contribution in [2.24, 2.45) is 0 Å². The summed E-state index contributed by atoms with van der Waals surface area (Å²) >= 11 is 0. The third-order valence-corrected chi connectivity index (χ3v) is 11.9. The summed E-state index contributed by atoms with van der Waals surface area (Å²) in [5.41, 5.74) is 6.99. The van der Waals surface area contributed by atoms with Crippen LogP contribution in [-0.2, 0) is 14.9 Å². The van der Waals surface area contributed by atoms with Gasteiger partial charge in [0.15, 0.2) is 0 Å². The van der Waals surface area contributed by atoms with E-state index in [-0.39, 0.29) is 0 Å². The number of hydrogen-bond acceptors (Lipinski definition) is 6. The van der Waals surface area contributed by atoms with Gasteiger partial charge in [0.05, 0.1) is 18.6 Å². The molecule has 0 heterocycles. The Morgan fingerprint density at radius 1 is 0.373 bits per heavy atom. The van der Waals surface area contributed by atoms with Gasteiger partial charge in [-0.05, 0) is 94.1 Å². The molecule has 59 heavy (non-hydrogen) atoms. The highest BCUT2D eigenvalue weighted by atomic mass is 16.5. The number of benzene rings is 6. The highest BCUT2D eigenvalue weighted by molar-refractivity contribution is 5.94. The summed E-state index contributed by atoms with van der Waals surface area (Å²) in [7, 11) is 0. The first-order valence-corrected chi connectivity index (χ1v) is 22.1. The summed E-state index contributed by atoms with van der Waals surface area (Å²) in [5.74, 6) is 1.74. The molecule has 2 N–H and O–H groups in total.